The van der Waals surface area contributed by atoms with E-state index in [-0.39, 0.29) is 30.0 Å². The number of pyridine rings is 1. The number of ketones is 1. The highest BCUT2D eigenvalue weighted by Gasteiger charge is 2.32. The van der Waals surface area contributed by atoms with Gasteiger partial charge in [-0.15, -0.1) is 0 Å². The number of aliphatic carboxylic acids is 1. The van der Waals surface area contributed by atoms with Crippen molar-refractivity contribution in [3.8, 4) is 5.75 Å². The molecule has 0 saturated carbocycles. The first kappa shape index (κ1) is 33.3. The maximum Gasteiger partial charge on any atom is 0.305 e. The molecule has 3 aromatic carbocycles. The first-order valence-electron chi connectivity index (χ1n) is 15.3. The number of ether oxygens (including phenoxy) is 1. The first-order valence-corrected chi connectivity index (χ1v) is 15.3. The molecule has 2 heterocycles. The van der Waals surface area contributed by atoms with Crippen molar-refractivity contribution in [3.05, 3.63) is 124 Å². The van der Waals surface area contributed by atoms with E-state index in [4.69, 9.17) is 9.15 Å². The second-order valence-electron chi connectivity index (χ2n) is 11.1. The summed E-state index contributed by atoms with van der Waals surface area (Å²) >= 11 is 0. The van der Waals surface area contributed by atoms with E-state index >= 15 is 0 Å². The number of hydrogen-bond donors (Lipinski definition) is 3. The molecule has 12 nitrogen and oxygen atoms in total. The molecular weight excluding hydrogens is 616 g/mol. The summed E-state index contributed by atoms with van der Waals surface area (Å²) < 4.78 is 12.1. The van der Waals surface area contributed by atoms with Gasteiger partial charge in [0.05, 0.1) is 13.5 Å². The topological polar surface area (TPSA) is 170 Å². The molecule has 0 aliphatic heterocycles. The summed E-state index contributed by atoms with van der Waals surface area (Å²) in [4.78, 5) is 69.9. The van der Waals surface area contributed by atoms with Crippen molar-refractivity contribution in [2.75, 3.05) is 12.4 Å². The molecule has 0 spiro atoms. The van der Waals surface area contributed by atoms with Crippen molar-refractivity contribution in [1.29, 1.82) is 0 Å². The number of amides is 2. The van der Waals surface area contributed by atoms with Crippen LogP contribution in [0.1, 0.15) is 53.3 Å². The lowest BCUT2D eigenvalue weighted by molar-refractivity contribution is -0.137. The number of hydrogen-bond acceptors (Lipinski definition) is 8. The van der Waals surface area contributed by atoms with Crippen molar-refractivity contribution in [1.82, 2.24) is 14.9 Å². The summed E-state index contributed by atoms with van der Waals surface area (Å²) in [5.41, 5.74) is 2.14. The van der Waals surface area contributed by atoms with Gasteiger partial charge in [0.1, 0.15) is 23.3 Å². The van der Waals surface area contributed by atoms with Crippen LogP contribution in [0, 0.1) is 0 Å². The Hall–Kier alpha value is -6.04. The molecule has 0 aliphatic carbocycles. The highest BCUT2D eigenvalue weighted by molar-refractivity contribution is 6.02. The molecule has 3 N–H and O–H groups in total. The van der Waals surface area contributed by atoms with Crippen LogP contribution in [-0.2, 0) is 27.2 Å². The van der Waals surface area contributed by atoms with E-state index in [1.165, 1.54) is 24.7 Å². The van der Waals surface area contributed by atoms with E-state index in [1.807, 2.05) is 60.7 Å². The molecule has 0 radical (unpaired) electrons. The standard InChI is InChI=1S/C36H34N4O8/c1-22(34(45)38-28(21-31(42)43)32(44)35-39-26-14-9-15-29(47-2)33(26)48-35)40-25(20-24-12-7-4-8-13-24)17-18-27(36(40)46)37-30(41)19-16-23-10-5-3-6-11-23/h3-15,17-18,22,28H,16,19-21H2,1-2H3,(H,37,41)(H,38,45)(H,42,43)/t22-,28-/m0/s1. The number of nitrogens with one attached hydrogen (secondary N) is 2. The molecule has 5 rings (SSSR count). The average Bonchev–Trinajstić information content (AvgIpc) is 3.53. The van der Waals surface area contributed by atoms with Crippen LogP contribution in [-0.4, -0.2) is 51.4 Å². The first-order chi connectivity index (χ1) is 23.1. The fourth-order valence-corrected chi connectivity index (χ4v) is 5.31. The Morgan fingerprint density at radius 2 is 1.60 bits per heavy atom. The number of fused-ring (bicyclic) bond motifs is 1. The zero-order valence-electron chi connectivity index (χ0n) is 26.3. The van der Waals surface area contributed by atoms with Gasteiger partial charge in [-0.1, -0.05) is 66.7 Å². The fourth-order valence-electron chi connectivity index (χ4n) is 5.31. The normalized spacial score (nSPS) is 12.2. The summed E-state index contributed by atoms with van der Waals surface area (Å²) in [5.74, 6) is -3.48. The van der Waals surface area contributed by atoms with Gasteiger partial charge in [-0.3, -0.25) is 28.5 Å². The van der Waals surface area contributed by atoms with Crippen molar-refractivity contribution in [3.63, 3.8) is 0 Å². The zero-order chi connectivity index (χ0) is 34.2. The molecule has 2 amide bonds. The Labute approximate surface area is 275 Å². The number of methoxy groups -OCH3 is 1. The van der Waals surface area contributed by atoms with Gasteiger partial charge in [-0.2, -0.15) is 0 Å². The number of rotatable bonds is 14. The number of carbonyl (C=O) groups excluding carboxylic acids is 3. The maximum absolute atomic E-state index is 13.9. The Bertz CT molecular complexity index is 2000. The van der Waals surface area contributed by atoms with Gasteiger partial charge in [0.2, 0.25) is 17.6 Å². The van der Waals surface area contributed by atoms with E-state index in [0.717, 1.165) is 11.1 Å². The minimum Gasteiger partial charge on any atom is -0.493 e. The summed E-state index contributed by atoms with van der Waals surface area (Å²) in [7, 11) is 1.42. The van der Waals surface area contributed by atoms with Crippen LogP contribution in [0.4, 0.5) is 5.69 Å². The molecular formula is C36H34N4O8. The average molecular weight is 651 g/mol. The molecule has 0 unspecified atom stereocenters. The van der Waals surface area contributed by atoms with Crippen LogP contribution in [0.3, 0.4) is 0 Å². The molecule has 246 valence electrons. The number of para-hydroxylation sites is 1. The van der Waals surface area contributed by atoms with Crippen LogP contribution in [0.2, 0.25) is 0 Å². The SMILES string of the molecule is COc1cccc2nc(C(=O)[C@H](CC(=O)O)NC(=O)[C@H](C)n3c(Cc4ccccc4)ccc(NC(=O)CCc4ccccc4)c3=O)oc12. The number of carboxylic acid groups (broad SMARTS) is 1. The van der Waals surface area contributed by atoms with Gasteiger partial charge in [-0.05, 0) is 48.7 Å². The summed E-state index contributed by atoms with van der Waals surface area (Å²) in [6, 6.07) is 24.0. The highest BCUT2D eigenvalue weighted by atomic mass is 16.5. The summed E-state index contributed by atoms with van der Waals surface area (Å²) in [6.07, 6.45) is 0.109. The molecule has 2 aromatic heterocycles. The van der Waals surface area contributed by atoms with E-state index in [2.05, 4.69) is 15.6 Å². The highest BCUT2D eigenvalue weighted by Crippen LogP contribution is 2.27. The number of aryl methyl sites for hydroxylation is 1. The molecule has 0 saturated heterocycles. The minimum absolute atomic E-state index is 0.0249. The largest absolute Gasteiger partial charge is 0.493 e. The van der Waals surface area contributed by atoms with Gasteiger partial charge in [0, 0.05) is 18.5 Å². The number of aromatic nitrogens is 2. The third kappa shape index (κ3) is 7.84. The Morgan fingerprint density at radius 1 is 0.917 bits per heavy atom. The molecule has 2 atom stereocenters. The number of Topliss-reactive ketones (excluding diaryl/α,β-unsaturated/α-hetero) is 1. The Kier molecular flexibility index (Phi) is 10.4. The van der Waals surface area contributed by atoms with Crippen molar-refractivity contribution in [2.24, 2.45) is 0 Å². The number of nitrogens with zero attached hydrogens (tertiary/aromatic N) is 2. The van der Waals surface area contributed by atoms with Crippen LogP contribution >= 0.6 is 0 Å². The lowest BCUT2D eigenvalue weighted by atomic mass is 10.1. The smallest absolute Gasteiger partial charge is 0.305 e. The van der Waals surface area contributed by atoms with Crippen molar-refractivity contribution in [2.45, 2.75) is 44.7 Å². The van der Waals surface area contributed by atoms with E-state index in [1.54, 1.807) is 24.3 Å². The van der Waals surface area contributed by atoms with E-state index in [9.17, 15) is 29.1 Å². The van der Waals surface area contributed by atoms with Gasteiger partial charge in [0.15, 0.2) is 11.3 Å². The molecule has 0 aliphatic rings. The second kappa shape index (κ2) is 15.0. The number of anilines is 1. The third-order valence-corrected chi connectivity index (χ3v) is 7.77. The van der Waals surface area contributed by atoms with Crippen molar-refractivity contribution >= 4 is 40.4 Å². The Balaban J connectivity index is 1.42. The lowest BCUT2D eigenvalue weighted by Crippen LogP contribution is -2.46. The number of carboxylic acids is 1. The van der Waals surface area contributed by atoms with Crippen LogP contribution < -0.4 is 20.9 Å². The van der Waals surface area contributed by atoms with Gasteiger partial charge in [-0.25, -0.2) is 4.98 Å². The van der Waals surface area contributed by atoms with Crippen molar-refractivity contribution < 1.29 is 33.4 Å². The fraction of sp³-hybridized carbons (Fsp3) is 0.222. The van der Waals surface area contributed by atoms with Gasteiger partial charge >= 0.3 is 5.97 Å². The predicted molar refractivity (Wildman–Crippen MR) is 177 cm³/mol. The second-order valence-corrected chi connectivity index (χ2v) is 11.1. The van der Waals surface area contributed by atoms with E-state index < -0.39 is 47.6 Å². The third-order valence-electron chi connectivity index (χ3n) is 7.77. The number of carbonyl (C=O) groups is 4. The number of oxazole rings is 1. The molecule has 0 bridgehead atoms. The molecule has 12 heteroatoms. The van der Waals surface area contributed by atoms with Crippen LogP contribution in [0.25, 0.3) is 11.1 Å². The van der Waals surface area contributed by atoms with Gasteiger partial charge in [0.25, 0.3) is 11.4 Å². The molecule has 0 fully saturated rings. The lowest BCUT2D eigenvalue weighted by Gasteiger charge is -2.23. The zero-order valence-corrected chi connectivity index (χ0v) is 26.3. The van der Waals surface area contributed by atoms with E-state index in [0.29, 0.717) is 23.4 Å². The van der Waals surface area contributed by atoms with Gasteiger partial charge < -0.3 is 24.9 Å². The number of benzene rings is 3. The minimum atomic E-state index is -1.56. The summed E-state index contributed by atoms with van der Waals surface area (Å²) in [6.45, 7) is 1.46. The quantitative estimate of drug-likeness (QED) is 0.146. The van der Waals surface area contributed by atoms with Crippen LogP contribution in [0.5, 0.6) is 5.75 Å². The molecule has 48 heavy (non-hydrogen) atoms. The maximum atomic E-state index is 13.9. The Morgan fingerprint density at radius 3 is 2.27 bits per heavy atom. The summed E-state index contributed by atoms with van der Waals surface area (Å²) in [5, 5.41) is 14.7. The predicted octanol–water partition coefficient (Wildman–Crippen LogP) is 4.56. The monoisotopic (exact) mass is 650 g/mol. The van der Waals surface area contributed by atoms with Crippen LogP contribution in [0.15, 0.2) is 100 Å². The molecule has 5 aromatic rings.